The SMILES string of the molecule is CCNC1CCCC(N(C)Cc2ccc(OC)cc2)C1. The van der Waals surface area contributed by atoms with Gasteiger partial charge in [0.1, 0.15) is 5.75 Å². The first-order chi connectivity index (χ1) is 9.72. The van der Waals surface area contributed by atoms with Crippen LogP contribution in [0.4, 0.5) is 0 Å². The summed E-state index contributed by atoms with van der Waals surface area (Å²) in [6.07, 6.45) is 5.28. The Morgan fingerprint density at radius 1 is 1.25 bits per heavy atom. The van der Waals surface area contributed by atoms with E-state index in [1.54, 1.807) is 7.11 Å². The summed E-state index contributed by atoms with van der Waals surface area (Å²) in [6.45, 7) is 4.30. The van der Waals surface area contributed by atoms with Crippen LogP contribution >= 0.6 is 0 Å². The van der Waals surface area contributed by atoms with Crippen molar-refractivity contribution in [3.8, 4) is 5.75 Å². The van der Waals surface area contributed by atoms with Gasteiger partial charge >= 0.3 is 0 Å². The summed E-state index contributed by atoms with van der Waals surface area (Å²) >= 11 is 0. The zero-order valence-corrected chi connectivity index (χ0v) is 13.1. The summed E-state index contributed by atoms with van der Waals surface area (Å²) in [4.78, 5) is 2.51. The molecule has 1 aromatic rings. The number of benzene rings is 1. The summed E-state index contributed by atoms with van der Waals surface area (Å²) in [5, 5.41) is 3.61. The van der Waals surface area contributed by atoms with Crippen molar-refractivity contribution >= 4 is 0 Å². The second-order valence-electron chi connectivity index (χ2n) is 5.84. The van der Waals surface area contributed by atoms with Crippen molar-refractivity contribution in [2.45, 2.75) is 51.2 Å². The Labute approximate surface area is 123 Å². The number of rotatable bonds is 6. The molecule has 112 valence electrons. The lowest BCUT2D eigenvalue weighted by molar-refractivity contribution is 0.163. The molecule has 1 aliphatic rings. The van der Waals surface area contributed by atoms with Crippen LogP contribution < -0.4 is 10.1 Å². The van der Waals surface area contributed by atoms with E-state index in [1.807, 2.05) is 12.1 Å². The molecular weight excluding hydrogens is 248 g/mol. The number of hydrogen-bond acceptors (Lipinski definition) is 3. The maximum atomic E-state index is 5.21. The predicted octanol–water partition coefficient (Wildman–Crippen LogP) is 3.05. The monoisotopic (exact) mass is 276 g/mol. The summed E-state index contributed by atoms with van der Waals surface area (Å²) in [5.74, 6) is 0.932. The minimum absolute atomic E-state index is 0.704. The van der Waals surface area contributed by atoms with Gasteiger partial charge in [0.2, 0.25) is 0 Å². The molecule has 0 radical (unpaired) electrons. The fourth-order valence-electron chi connectivity index (χ4n) is 3.19. The quantitative estimate of drug-likeness (QED) is 0.864. The normalized spacial score (nSPS) is 23.0. The minimum Gasteiger partial charge on any atom is -0.497 e. The van der Waals surface area contributed by atoms with Crippen molar-refractivity contribution in [3.63, 3.8) is 0 Å². The average Bonchev–Trinajstić information content (AvgIpc) is 2.48. The standard InChI is InChI=1S/C17H28N2O/c1-4-18-15-6-5-7-16(12-15)19(2)13-14-8-10-17(20-3)11-9-14/h8-11,15-16,18H,4-7,12-13H2,1-3H3. The van der Waals surface area contributed by atoms with Gasteiger partial charge in [-0.15, -0.1) is 0 Å². The second-order valence-corrected chi connectivity index (χ2v) is 5.84. The first-order valence-corrected chi connectivity index (χ1v) is 7.79. The van der Waals surface area contributed by atoms with Crippen LogP contribution in [0.1, 0.15) is 38.2 Å². The van der Waals surface area contributed by atoms with Crippen LogP contribution in [0, 0.1) is 0 Å². The lowest BCUT2D eigenvalue weighted by atomic mass is 9.90. The van der Waals surface area contributed by atoms with Crippen LogP contribution in [0.5, 0.6) is 5.75 Å². The van der Waals surface area contributed by atoms with Gasteiger partial charge in [0, 0.05) is 18.6 Å². The molecule has 0 heterocycles. The molecular formula is C17H28N2O. The highest BCUT2D eigenvalue weighted by Crippen LogP contribution is 2.24. The van der Waals surface area contributed by atoms with Crippen LogP contribution in [0.2, 0.25) is 0 Å². The lowest BCUT2D eigenvalue weighted by Crippen LogP contribution is -2.42. The van der Waals surface area contributed by atoms with Gasteiger partial charge in [0.25, 0.3) is 0 Å². The average molecular weight is 276 g/mol. The van der Waals surface area contributed by atoms with Crippen molar-refractivity contribution in [2.24, 2.45) is 0 Å². The molecule has 1 N–H and O–H groups in total. The number of methoxy groups -OCH3 is 1. The lowest BCUT2D eigenvalue weighted by Gasteiger charge is -2.35. The minimum atomic E-state index is 0.704. The first-order valence-electron chi connectivity index (χ1n) is 7.79. The van der Waals surface area contributed by atoms with Crippen molar-refractivity contribution in [1.82, 2.24) is 10.2 Å². The van der Waals surface area contributed by atoms with Crippen LogP contribution in [0.15, 0.2) is 24.3 Å². The van der Waals surface area contributed by atoms with Crippen molar-refractivity contribution in [1.29, 1.82) is 0 Å². The molecule has 0 aromatic heterocycles. The Bertz CT molecular complexity index is 388. The van der Waals surface area contributed by atoms with E-state index in [0.717, 1.165) is 18.8 Å². The van der Waals surface area contributed by atoms with E-state index in [4.69, 9.17) is 4.74 Å². The Balaban J connectivity index is 1.88. The second kappa shape index (κ2) is 7.65. The third-order valence-electron chi connectivity index (χ3n) is 4.35. The van der Waals surface area contributed by atoms with Crippen molar-refractivity contribution in [3.05, 3.63) is 29.8 Å². The molecule has 0 aliphatic heterocycles. The van der Waals surface area contributed by atoms with Crippen LogP contribution in [-0.2, 0) is 6.54 Å². The number of hydrogen-bond donors (Lipinski definition) is 1. The maximum absolute atomic E-state index is 5.21. The summed E-state index contributed by atoms with van der Waals surface area (Å²) in [5.41, 5.74) is 1.36. The summed E-state index contributed by atoms with van der Waals surface area (Å²) in [7, 11) is 3.97. The molecule has 0 amide bonds. The molecule has 3 nitrogen and oxygen atoms in total. The molecule has 0 bridgehead atoms. The van der Waals surface area contributed by atoms with E-state index in [9.17, 15) is 0 Å². The number of nitrogens with zero attached hydrogens (tertiary/aromatic N) is 1. The smallest absolute Gasteiger partial charge is 0.118 e. The summed E-state index contributed by atoms with van der Waals surface area (Å²) in [6, 6.07) is 9.84. The molecule has 0 saturated heterocycles. The molecule has 2 rings (SSSR count). The Morgan fingerprint density at radius 2 is 2.00 bits per heavy atom. The number of ether oxygens (including phenoxy) is 1. The Hall–Kier alpha value is -1.06. The predicted molar refractivity (Wildman–Crippen MR) is 84.2 cm³/mol. The Morgan fingerprint density at radius 3 is 2.65 bits per heavy atom. The van der Waals surface area contributed by atoms with Crippen LogP contribution in [0.3, 0.4) is 0 Å². The molecule has 1 aliphatic carbocycles. The fourth-order valence-corrected chi connectivity index (χ4v) is 3.19. The molecule has 2 unspecified atom stereocenters. The van der Waals surface area contributed by atoms with Gasteiger partial charge in [-0.2, -0.15) is 0 Å². The third-order valence-corrected chi connectivity index (χ3v) is 4.35. The van der Waals surface area contributed by atoms with E-state index in [2.05, 4.69) is 36.3 Å². The van der Waals surface area contributed by atoms with Crippen LogP contribution in [-0.4, -0.2) is 37.7 Å². The summed E-state index contributed by atoms with van der Waals surface area (Å²) < 4.78 is 5.21. The van der Waals surface area contributed by atoms with E-state index in [1.165, 1.54) is 31.2 Å². The van der Waals surface area contributed by atoms with E-state index >= 15 is 0 Å². The molecule has 0 spiro atoms. The first kappa shape index (κ1) is 15.3. The molecule has 2 atom stereocenters. The highest BCUT2D eigenvalue weighted by molar-refractivity contribution is 5.27. The largest absolute Gasteiger partial charge is 0.497 e. The van der Waals surface area contributed by atoms with Gasteiger partial charge in [-0.25, -0.2) is 0 Å². The third kappa shape index (κ3) is 4.22. The zero-order chi connectivity index (χ0) is 14.4. The molecule has 1 saturated carbocycles. The maximum Gasteiger partial charge on any atom is 0.118 e. The number of nitrogens with one attached hydrogen (secondary N) is 1. The fraction of sp³-hybridized carbons (Fsp3) is 0.647. The molecule has 20 heavy (non-hydrogen) atoms. The molecule has 1 fully saturated rings. The molecule has 1 aromatic carbocycles. The van der Waals surface area contributed by atoms with Crippen molar-refractivity contribution in [2.75, 3.05) is 20.7 Å². The highest BCUT2D eigenvalue weighted by atomic mass is 16.5. The van der Waals surface area contributed by atoms with Crippen LogP contribution in [0.25, 0.3) is 0 Å². The van der Waals surface area contributed by atoms with Gasteiger partial charge in [-0.3, -0.25) is 4.90 Å². The van der Waals surface area contributed by atoms with Gasteiger partial charge in [-0.05, 0) is 50.6 Å². The van der Waals surface area contributed by atoms with Gasteiger partial charge in [-0.1, -0.05) is 25.5 Å². The van der Waals surface area contributed by atoms with E-state index < -0.39 is 0 Å². The van der Waals surface area contributed by atoms with E-state index in [-0.39, 0.29) is 0 Å². The van der Waals surface area contributed by atoms with Gasteiger partial charge in [0.05, 0.1) is 7.11 Å². The van der Waals surface area contributed by atoms with E-state index in [0.29, 0.717) is 12.1 Å². The topological polar surface area (TPSA) is 24.5 Å². The highest BCUT2D eigenvalue weighted by Gasteiger charge is 2.24. The van der Waals surface area contributed by atoms with Crippen molar-refractivity contribution < 1.29 is 4.74 Å². The van der Waals surface area contributed by atoms with Gasteiger partial charge in [0.15, 0.2) is 0 Å². The Kier molecular flexibility index (Phi) is 5.86. The van der Waals surface area contributed by atoms with Gasteiger partial charge < -0.3 is 10.1 Å². The zero-order valence-electron chi connectivity index (χ0n) is 13.1. The molecule has 3 heteroatoms.